The summed E-state index contributed by atoms with van der Waals surface area (Å²) in [5, 5.41) is 9.25. The van der Waals surface area contributed by atoms with Gasteiger partial charge in [-0.2, -0.15) is 0 Å². The number of anilines is 1. The van der Waals surface area contributed by atoms with Crippen LogP contribution >= 0.6 is 0 Å². The van der Waals surface area contributed by atoms with Crippen molar-refractivity contribution in [1.82, 2.24) is 15.6 Å². The minimum Gasteiger partial charge on any atom is -0.388 e. The predicted octanol–water partition coefficient (Wildman–Crippen LogP) is 3.74. The number of carbonyl (C=O) groups is 1. The first-order valence-electron chi connectivity index (χ1n) is 9.34. The molecule has 0 radical (unpaired) electrons. The van der Waals surface area contributed by atoms with E-state index in [2.05, 4.69) is 60.4 Å². The van der Waals surface area contributed by atoms with Crippen LogP contribution in [0, 0.1) is 6.92 Å². The van der Waals surface area contributed by atoms with E-state index in [1.54, 1.807) is 13.1 Å². The van der Waals surface area contributed by atoms with Gasteiger partial charge in [-0.25, -0.2) is 4.98 Å². The molecule has 27 heavy (non-hydrogen) atoms. The topological polar surface area (TPSA) is 66.0 Å². The molecule has 1 amide bonds. The van der Waals surface area contributed by atoms with Crippen molar-refractivity contribution in [3.8, 4) is 0 Å². The van der Waals surface area contributed by atoms with Gasteiger partial charge in [0.15, 0.2) is 0 Å². The average Bonchev–Trinajstić information content (AvgIpc) is 2.68. The van der Waals surface area contributed by atoms with E-state index in [4.69, 9.17) is 0 Å². The van der Waals surface area contributed by atoms with E-state index in [-0.39, 0.29) is 5.91 Å². The summed E-state index contributed by atoms with van der Waals surface area (Å²) < 4.78 is 0. The van der Waals surface area contributed by atoms with Gasteiger partial charge in [0, 0.05) is 49.2 Å². The van der Waals surface area contributed by atoms with E-state index in [9.17, 15) is 4.79 Å². The Labute approximate surface area is 162 Å². The third-order valence-corrected chi connectivity index (χ3v) is 4.81. The summed E-state index contributed by atoms with van der Waals surface area (Å²) in [5.74, 6) is -0.199. The molecule has 3 N–H and O–H groups in total. The fourth-order valence-electron chi connectivity index (χ4n) is 2.92. The van der Waals surface area contributed by atoms with E-state index in [0.29, 0.717) is 18.2 Å². The molecule has 0 unspecified atom stereocenters. The molecule has 0 aliphatic heterocycles. The van der Waals surface area contributed by atoms with Gasteiger partial charge >= 0.3 is 0 Å². The van der Waals surface area contributed by atoms with Crippen LogP contribution in [0.4, 0.5) is 5.69 Å². The van der Waals surface area contributed by atoms with E-state index in [1.807, 2.05) is 19.2 Å². The minimum absolute atomic E-state index is 0.199. The molecular formula is C22H30N4O. The van der Waals surface area contributed by atoms with Gasteiger partial charge < -0.3 is 16.0 Å². The van der Waals surface area contributed by atoms with Crippen LogP contribution in [0.15, 0.2) is 36.9 Å². The number of nitrogens with one attached hydrogen (secondary N) is 3. The molecule has 5 nitrogen and oxygen atoms in total. The van der Waals surface area contributed by atoms with Crippen molar-refractivity contribution in [3.63, 3.8) is 0 Å². The van der Waals surface area contributed by atoms with Crippen LogP contribution in [0.1, 0.15) is 53.1 Å². The highest BCUT2D eigenvalue weighted by Gasteiger charge is 2.13. The summed E-state index contributed by atoms with van der Waals surface area (Å²) >= 11 is 0. The van der Waals surface area contributed by atoms with Crippen molar-refractivity contribution >= 4 is 17.3 Å². The quantitative estimate of drug-likeness (QED) is 0.666. The van der Waals surface area contributed by atoms with Crippen molar-refractivity contribution < 1.29 is 4.79 Å². The predicted molar refractivity (Wildman–Crippen MR) is 113 cm³/mol. The number of rotatable bonds is 8. The summed E-state index contributed by atoms with van der Waals surface area (Å²) in [7, 11) is 3.53. The average molecular weight is 367 g/mol. The lowest BCUT2D eigenvalue weighted by Gasteiger charge is -2.17. The highest BCUT2D eigenvalue weighted by molar-refractivity contribution is 5.93. The number of hydrogen-bond donors (Lipinski definition) is 3. The fraction of sp³-hybridized carbons (Fsp3) is 0.364. The van der Waals surface area contributed by atoms with Crippen LogP contribution in [-0.2, 0) is 6.42 Å². The van der Waals surface area contributed by atoms with E-state index >= 15 is 0 Å². The Morgan fingerprint density at radius 2 is 2.00 bits per heavy atom. The molecule has 0 aliphatic rings. The summed E-state index contributed by atoms with van der Waals surface area (Å²) in [6.07, 6.45) is 1.64. The van der Waals surface area contributed by atoms with Crippen LogP contribution in [0.2, 0.25) is 0 Å². The van der Waals surface area contributed by atoms with Crippen molar-refractivity contribution in [2.75, 3.05) is 19.4 Å². The standard InChI is InChI=1S/C22H30N4O/c1-7-14(2)25-16(4)18-12-19(26-21(13-18)22(27)24-6)11-17-9-8-10-20(23-5)15(17)3/h8-10,12-14,23,25H,4,7,11H2,1-3,5-6H3,(H,24,27)/t14-/m1/s1. The number of hydrogen-bond acceptors (Lipinski definition) is 4. The molecule has 5 heteroatoms. The molecule has 0 aliphatic carbocycles. The molecular weight excluding hydrogens is 336 g/mol. The second-order valence-corrected chi connectivity index (χ2v) is 6.76. The summed E-state index contributed by atoms with van der Waals surface area (Å²) in [6.45, 7) is 10.5. The van der Waals surface area contributed by atoms with Crippen molar-refractivity contribution in [1.29, 1.82) is 0 Å². The number of amides is 1. The Morgan fingerprint density at radius 3 is 2.63 bits per heavy atom. The van der Waals surface area contributed by atoms with Crippen LogP contribution < -0.4 is 16.0 Å². The highest BCUT2D eigenvalue weighted by Crippen LogP contribution is 2.22. The molecule has 1 aromatic heterocycles. The van der Waals surface area contributed by atoms with Gasteiger partial charge in [0.25, 0.3) is 5.91 Å². The maximum atomic E-state index is 12.2. The fourth-order valence-corrected chi connectivity index (χ4v) is 2.92. The maximum Gasteiger partial charge on any atom is 0.269 e. The zero-order valence-corrected chi connectivity index (χ0v) is 16.9. The Hall–Kier alpha value is -2.82. The zero-order valence-electron chi connectivity index (χ0n) is 16.9. The smallest absolute Gasteiger partial charge is 0.269 e. The molecule has 2 aromatic rings. The molecule has 1 heterocycles. The second kappa shape index (κ2) is 9.21. The third-order valence-electron chi connectivity index (χ3n) is 4.81. The number of benzene rings is 1. The first-order valence-corrected chi connectivity index (χ1v) is 9.34. The largest absolute Gasteiger partial charge is 0.388 e. The first kappa shape index (κ1) is 20.5. The number of nitrogens with zero attached hydrogens (tertiary/aromatic N) is 1. The summed E-state index contributed by atoms with van der Waals surface area (Å²) in [6, 6.07) is 10.3. The van der Waals surface area contributed by atoms with Gasteiger partial charge in [-0.3, -0.25) is 4.79 Å². The molecule has 0 bridgehead atoms. The lowest BCUT2D eigenvalue weighted by Crippen LogP contribution is -2.24. The Morgan fingerprint density at radius 1 is 1.26 bits per heavy atom. The molecule has 0 saturated carbocycles. The van der Waals surface area contributed by atoms with Crippen LogP contribution in [0.3, 0.4) is 0 Å². The monoisotopic (exact) mass is 366 g/mol. The molecule has 0 saturated heterocycles. The summed E-state index contributed by atoms with van der Waals surface area (Å²) in [4.78, 5) is 16.8. The SMILES string of the molecule is C=C(N[C@H](C)CC)c1cc(Cc2cccc(NC)c2C)nc(C(=O)NC)c1. The number of aromatic nitrogens is 1. The van der Waals surface area contributed by atoms with Gasteiger partial charge in [0.2, 0.25) is 0 Å². The molecule has 1 aromatic carbocycles. The molecule has 0 fully saturated rings. The van der Waals surface area contributed by atoms with Crippen molar-refractivity contribution in [2.24, 2.45) is 0 Å². The summed E-state index contributed by atoms with van der Waals surface area (Å²) in [5.41, 5.74) is 6.40. The Kier molecular flexibility index (Phi) is 6.99. The van der Waals surface area contributed by atoms with E-state index in [0.717, 1.165) is 29.1 Å². The number of carbonyl (C=O) groups excluding carboxylic acids is 1. The molecule has 1 atom stereocenters. The highest BCUT2D eigenvalue weighted by atomic mass is 16.1. The second-order valence-electron chi connectivity index (χ2n) is 6.76. The third kappa shape index (κ3) is 5.09. The Bertz CT molecular complexity index is 829. The molecule has 144 valence electrons. The lowest BCUT2D eigenvalue weighted by molar-refractivity contribution is 0.0958. The first-order chi connectivity index (χ1) is 12.9. The zero-order chi connectivity index (χ0) is 20.0. The van der Waals surface area contributed by atoms with Gasteiger partial charge in [0.1, 0.15) is 5.69 Å². The van der Waals surface area contributed by atoms with Crippen molar-refractivity contribution in [3.05, 3.63) is 65.0 Å². The Balaban J connectivity index is 2.42. The lowest BCUT2D eigenvalue weighted by atomic mass is 10.00. The van der Waals surface area contributed by atoms with Crippen LogP contribution in [0.25, 0.3) is 5.70 Å². The van der Waals surface area contributed by atoms with Crippen LogP contribution in [0.5, 0.6) is 0 Å². The van der Waals surface area contributed by atoms with Gasteiger partial charge in [-0.05, 0) is 49.6 Å². The van der Waals surface area contributed by atoms with E-state index in [1.165, 1.54) is 11.1 Å². The minimum atomic E-state index is -0.199. The van der Waals surface area contributed by atoms with Crippen LogP contribution in [-0.4, -0.2) is 31.0 Å². The molecule has 0 spiro atoms. The van der Waals surface area contributed by atoms with E-state index < -0.39 is 0 Å². The van der Waals surface area contributed by atoms with Gasteiger partial charge in [0.05, 0.1) is 0 Å². The van der Waals surface area contributed by atoms with Crippen molar-refractivity contribution in [2.45, 2.75) is 39.7 Å². The number of pyridine rings is 1. The maximum absolute atomic E-state index is 12.2. The van der Waals surface area contributed by atoms with Gasteiger partial charge in [-0.1, -0.05) is 25.6 Å². The van der Waals surface area contributed by atoms with Gasteiger partial charge in [-0.15, -0.1) is 0 Å². The normalized spacial score (nSPS) is 11.6. The molecule has 2 rings (SSSR count).